The SMILES string of the molecule is CCNC(=NCc1ccccc1C)NCCCN1CCCC1=O.I. The molecule has 6 heteroatoms. The quantitative estimate of drug-likeness (QED) is 0.294. The Morgan fingerprint density at radius 1 is 1.29 bits per heavy atom. The lowest BCUT2D eigenvalue weighted by atomic mass is 10.1. The van der Waals surface area contributed by atoms with Gasteiger partial charge in [0.2, 0.25) is 5.91 Å². The summed E-state index contributed by atoms with van der Waals surface area (Å²) in [7, 11) is 0. The summed E-state index contributed by atoms with van der Waals surface area (Å²) in [6.07, 6.45) is 2.67. The average molecular weight is 444 g/mol. The first kappa shape index (κ1) is 20.7. The van der Waals surface area contributed by atoms with Gasteiger partial charge >= 0.3 is 0 Å². The molecule has 0 unspecified atom stereocenters. The maximum atomic E-state index is 11.6. The number of carbonyl (C=O) groups is 1. The third-order valence-corrected chi connectivity index (χ3v) is 4.08. The predicted molar refractivity (Wildman–Crippen MR) is 110 cm³/mol. The first-order valence-corrected chi connectivity index (χ1v) is 8.55. The molecule has 1 heterocycles. The van der Waals surface area contributed by atoms with Gasteiger partial charge in [0.25, 0.3) is 0 Å². The van der Waals surface area contributed by atoms with Crippen LogP contribution in [0.4, 0.5) is 0 Å². The van der Waals surface area contributed by atoms with Gasteiger partial charge in [-0.15, -0.1) is 24.0 Å². The molecular weight excluding hydrogens is 415 g/mol. The number of aryl methyl sites for hydroxylation is 1. The minimum absolute atomic E-state index is 0. The van der Waals surface area contributed by atoms with Crippen LogP contribution in [0.1, 0.15) is 37.3 Å². The number of hydrogen-bond acceptors (Lipinski definition) is 2. The van der Waals surface area contributed by atoms with Crippen molar-refractivity contribution in [2.24, 2.45) is 4.99 Å². The van der Waals surface area contributed by atoms with Gasteiger partial charge < -0.3 is 15.5 Å². The number of aliphatic imine (C=N–C) groups is 1. The van der Waals surface area contributed by atoms with Crippen molar-refractivity contribution in [3.05, 3.63) is 35.4 Å². The normalized spacial score (nSPS) is 14.5. The Labute approximate surface area is 162 Å². The zero-order valence-corrected chi connectivity index (χ0v) is 17.0. The summed E-state index contributed by atoms with van der Waals surface area (Å²) >= 11 is 0. The molecule has 0 spiro atoms. The van der Waals surface area contributed by atoms with Crippen LogP contribution in [-0.4, -0.2) is 42.9 Å². The largest absolute Gasteiger partial charge is 0.357 e. The van der Waals surface area contributed by atoms with Crippen molar-refractivity contribution in [3.8, 4) is 0 Å². The number of nitrogens with one attached hydrogen (secondary N) is 2. The monoisotopic (exact) mass is 444 g/mol. The number of rotatable bonds is 7. The fourth-order valence-electron chi connectivity index (χ4n) is 2.71. The Morgan fingerprint density at radius 3 is 2.75 bits per heavy atom. The Hall–Kier alpha value is -1.31. The van der Waals surface area contributed by atoms with Gasteiger partial charge in [0.1, 0.15) is 0 Å². The Bertz CT molecular complexity index is 548. The minimum Gasteiger partial charge on any atom is -0.357 e. The number of likely N-dealkylation sites (tertiary alicyclic amines) is 1. The maximum absolute atomic E-state index is 11.6. The first-order chi connectivity index (χ1) is 11.2. The van der Waals surface area contributed by atoms with E-state index in [4.69, 9.17) is 0 Å². The summed E-state index contributed by atoms with van der Waals surface area (Å²) in [5.41, 5.74) is 2.51. The van der Waals surface area contributed by atoms with Crippen molar-refractivity contribution in [3.63, 3.8) is 0 Å². The number of hydrogen-bond donors (Lipinski definition) is 2. The van der Waals surface area contributed by atoms with Gasteiger partial charge in [-0.25, -0.2) is 4.99 Å². The van der Waals surface area contributed by atoms with Gasteiger partial charge in [-0.2, -0.15) is 0 Å². The van der Waals surface area contributed by atoms with E-state index in [1.54, 1.807) is 0 Å². The number of benzene rings is 1. The molecule has 5 nitrogen and oxygen atoms in total. The van der Waals surface area contributed by atoms with E-state index >= 15 is 0 Å². The van der Waals surface area contributed by atoms with Crippen LogP contribution in [0.3, 0.4) is 0 Å². The van der Waals surface area contributed by atoms with Gasteiger partial charge in [-0.05, 0) is 37.8 Å². The maximum Gasteiger partial charge on any atom is 0.222 e. The van der Waals surface area contributed by atoms with E-state index in [0.717, 1.165) is 45.0 Å². The highest BCUT2D eigenvalue weighted by molar-refractivity contribution is 14.0. The van der Waals surface area contributed by atoms with E-state index in [1.807, 2.05) is 17.0 Å². The van der Waals surface area contributed by atoms with Crippen molar-refractivity contribution >= 4 is 35.8 Å². The van der Waals surface area contributed by atoms with Gasteiger partial charge in [-0.3, -0.25) is 4.79 Å². The number of nitrogens with zero attached hydrogens (tertiary/aromatic N) is 2. The second-order valence-electron chi connectivity index (χ2n) is 5.89. The lowest BCUT2D eigenvalue weighted by Gasteiger charge is -2.16. The minimum atomic E-state index is 0. The molecule has 1 aromatic rings. The molecular formula is C18H29IN4O. The van der Waals surface area contributed by atoms with Crippen molar-refractivity contribution < 1.29 is 4.79 Å². The average Bonchev–Trinajstić information content (AvgIpc) is 2.95. The molecule has 0 radical (unpaired) electrons. The lowest BCUT2D eigenvalue weighted by molar-refractivity contribution is -0.127. The summed E-state index contributed by atoms with van der Waals surface area (Å²) in [6, 6.07) is 8.32. The smallest absolute Gasteiger partial charge is 0.222 e. The number of guanidine groups is 1. The van der Waals surface area contributed by atoms with Gasteiger partial charge in [0.15, 0.2) is 5.96 Å². The zero-order chi connectivity index (χ0) is 16.5. The van der Waals surface area contributed by atoms with E-state index in [0.29, 0.717) is 18.9 Å². The Balaban J connectivity index is 0.00000288. The van der Waals surface area contributed by atoms with Crippen molar-refractivity contribution in [2.75, 3.05) is 26.2 Å². The van der Waals surface area contributed by atoms with Crippen LogP contribution in [0.25, 0.3) is 0 Å². The highest BCUT2D eigenvalue weighted by Crippen LogP contribution is 2.09. The predicted octanol–water partition coefficient (Wildman–Crippen LogP) is 2.68. The molecule has 1 fully saturated rings. The molecule has 24 heavy (non-hydrogen) atoms. The van der Waals surface area contributed by atoms with E-state index in [9.17, 15) is 4.79 Å². The van der Waals surface area contributed by atoms with Crippen LogP contribution in [-0.2, 0) is 11.3 Å². The summed E-state index contributed by atoms with van der Waals surface area (Å²) in [6.45, 7) is 8.26. The van der Waals surface area contributed by atoms with E-state index in [2.05, 4.69) is 41.6 Å². The highest BCUT2D eigenvalue weighted by atomic mass is 127. The second-order valence-corrected chi connectivity index (χ2v) is 5.89. The van der Waals surface area contributed by atoms with E-state index in [1.165, 1.54) is 11.1 Å². The molecule has 0 bridgehead atoms. The van der Waals surface area contributed by atoms with Crippen LogP contribution >= 0.6 is 24.0 Å². The molecule has 0 aliphatic carbocycles. The number of halogens is 1. The molecule has 1 aromatic carbocycles. The molecule has 1 saturated heterocycles. The molecule has 1 aliphatic rings. The molecule has 134 valence electrons. The zero-order valence-electron chi connectivity index (χ0n) is 14.7. The fourth-order valence-corrected chi connectivity index (χ4v) is 2.71. The highest BCUT2D eigenvalue weighted by Gasteiger charge is 2.18. The summed E-state index contributed by atoms with van der Waals surface area (Å²) in [5, 5.41) is 6.62. The van der Waals surface area contributed by atoms with Crippen LogP contribution in [0, 0.1) is 6.92 Å². The third-order valence-electron chi connectivity index (χ3n) is 4.08. The number of amides is 1. The molecule has 0 atom stereocenters. The topological polar surface area (TPSA) is 56.7 Å². The summed E-state index contributed by atoms with van der Waals surface area (Å²) in [4.78, 5) is 18.2. The van der Waals surface area contributed by atoms with Crippen LogP contribution < -0.4 is 10.6 Å². The van der Waals surface area contributed by atoms with Crippen molar-refractivity contribution in [2.45, 2.75) is 39.7 Å². The van der Waals surface area contributed by atoms with Gasteiger partial charge in [-0.1, -0.05) is 24.3 Å². The van der Waals surface area contributed by atoms with E-state index < -0.39 is 0 Å². The van der Waals surface area contributed by atoms with Crippen molar-refractivity contribution in [1.82, 2.24) is 15.5 Å². The molecule has 1 aliphatic heterocycles. The summed E-state index contributed by atoms with van der Waals surface area (Å²) in [5.74, 6) is 1.13. The van der Waals surface area contributed by atoms with Crippen LogP contribution in [0.15, 0.2) is 29.3 Å². The lowest BCUT2D eigenvalue weighted by Crippen LogP contribution is -2.39. The van der Waals surface area contributed by atoms with E-state index in [-0.39, 0.29) is 24.0 Å². The van der Waals surface area contributed by atoms with Crippen LogP contribution in [0.5, 0.6) is 0 Å². The second kappa shape index (κ2) is 11.3. The van der Waals surface area contributed by atoms with Crippen LogP contribution in [0.2, 0.25) is 0 Å². The molecule has 0 aromatic heterocycles. The molecule has 2 N–H and O–H groups in total. The molecule has 1 amide bonds. The Kier molecular flexibility index (Phi) is 9.75. The van der Waals surface area contributed by atoms with Gasteiger partial charge in [0.05, 0.1) is 6.54 Å². The first-order valence-electron chi connectivity index (χ1n) is 8.55. The molecule has 0 saturated carbocycles. The number of carbonyl (C=O) groups excluding carboxylic acids is 1. The fraction of sp³-hybridized carbons (Fsp3) is 0.556. The third kappa shape index (κ3) is 6.67. The van der Waals surface area contributed by atoms with Crippen molar-refractivity contribution in [1.29, 1.82) is 0 Å². The summed E-state index contributed by atoms with van der Waals surface area (Å²) < 4.78 is 0. The van der Waals surface area contributed by atoms with Gasteiger partial charge in [0, 0.05) is 32.6 Å². The standard InChI is InChI=1S/C18H28N4O.HI/c1-3-19-18(21-14-16-9-5-4-8-15(16)2)20-11-7-13-22-12-6-10-17(22)23;/h4-5,8-9H,3,6-7,10-14H2,1-2H3,(H2,19,20,21);1H. The molecule has 2 rings (SSSR count). The Morgan fingerprint density at radius 2 is 2.08 bits per heavy atom.